The van der Waals surface area contributed by atoms with Gasteiger partial charge in [-0.25, -0.2) is 0 Å². The summed E-state index contributed by atoms with van der Waals surface area (Å²) in [6, 6.07) is 18.2. The van der Waals surface area contributed by atoms with Gasteiger partial charge in [0.25, 0.3) is 0 Å². The fourth-order valence-corrected chi connectivity index (χ4v) is 3.01. The van der Waals surface area contributed by atoms with E-state index < -0.39 is 0 Å². The summed E-state index contributed by atoms with van der Waals surface area (Å²) >= 11 is 6.19. The molecule has 0 aliphatic rings. The normalized spacial score (nSPS) is 11.0. The quantitative estimate of drug-likeness (QED) is 0.286. The lowest BCUT2D eigenvalue weighted by Crippen LogP contribution is -2.37. The molecule has 148 valence electrons. The molecule has 1 heterocycles. The van der Waals surface area contributed by atoms with Crippen molar-refractivity contribution < 1.29 is 0 Å². The van der Waals surface area contributed by atoms with Crippen LogP contribution in [-0.2, 0) is 19.5 Å². The second kappa shape index (κ2) is 11.7. The van der Waals surface area contributed by atoms with E-state index in [4.69, 9.17) is 11.6 Å². The summed E-state index contributed by atoms with van der Waals surface area (Å²) in [5.41, 5.74) is 3.47. The Kier molecular flexibility index (Phi) is 9.30. The van der Waals surface area contributed by atoms with Crippen molar-refractivity contribution in [1.82, 2.24) is 20.4 Å². The number of hydrogen-bond donors (Lipinski definition) is 2. The number of rotatable bonds is 7. The Labute approximate surface area is 188 Å². The number of nitrogens with one attached hydrogen (secondary N) is 2. The molecule has 1 aromatic heterocycles. The summed E-state index contributed by atoms with van der Waals surface area (Å²) in [6.07, 6.45) is 4.78. The van der Waals surface area contributed by atoms with Crippen LogP contribution in [0, 0.1) is 0 Å². The molecule has 0 fully saturated rings. The van der Waals surface area contributed by atoms with Crippen molar-refractivity contribution in [2.24, 2.45) is 4.99 Å². The summed E-state index contributed by atoms with van der Waals surface area (Å²) in [5.74, 6) is 0.762. The van der Waals surface area contributed by atoms with E-state index in [2.05, 4.69) is 39.1 Å². The van der Waals surface area contributed by atoms with Gasteiger partial charge in [0.15, 0.2) is 5.96 Å². The predicted molar refractivity (Wildman–Crippen MR) is 127 cm³/mol. The number of guanidine groups is 1. The Morgan fingerprint density at radius 3 is 2.54 bits per heavy atom. The first-order valence-corrected chi connectivity index (χ1v) is 9.35. The number of benzene rings is 2. The molecule has 0 aliphatic carbocycles. The van der Waals surface area contributed by atoms with Crippen LogP contribution in [0.3, 0.4) is 0 Å². The minimum Gasteiger partial charge on any atom is -0.356 e. The minimum absolute atomic E-state index is 0. The third-order valence-corrected chi connectivity index (χ3v) is 4.57. The molecule has 0 spiro atoms. The van der Waals surface area contributed by atoms with Crippen LogP contribution in [0.1, 0.15) is 16.7 Å². The predicted octanol–water partition coefficient (Wildman–Crippen LogP) is 4.11. The van der Waals surface area contributed by atoms with Crippen LogP contribution < -0.4 is 10.6 Å². The molecule has 0 radical (unpaired) electrons. The van der Waals surface area contributed by atoms with E-state index in [0.29, 0.717) is 6.54 Å². The molecule has 28 heavy (non-hydrogen) atoms. The zero-order valence-electron chi connectivity index (χ0n) is 15.8. The third-order valence-electron chi connectivity index (χ3n) is 4.20. The first-order chi connectivity index (χ1) is 13.2. The number of hydrogen-bond acceptors (Lipinski definition) is 2. The van der Waals surface area contributed by atoms with E-state index in [0.717, 1.165) is 41.6 Å². The molecule has 3 rings (SSSR count). The van der Waals surface area contributed by atoms with Crippen molar-refractivity contribution in [3.05, 3.63) is 88.7 Å². The Balaban J connectivity index is 0.00000280. The van der Waals surface area contributed by atoms with Crippen molar-refractivity contribution >= 4 is 41.5 Å². The molecule has 5 nitrogen and oxygen atoms in total. The Hall–Kier alpha value is -2.06. The van der Waals surface area contributed by atoms with Crippen LogP contribution in [0.15, 0.2) is 72.0 Å². The molecule has 0 amide bonds. The lowest BCUT2D eigenvalue weighted by molar-refractivity contribution is 0.685. The second-order valence-corrected chi connectivity index (χ2v) is 6.63. The van der Waals surface area contributed by atoms with Gasteiger partial charge >= 0.3 is 0 Å². The number of aliphatic imine (C=N–C) groups is 1. The average molecular weight is 510 g/mol. The molecule has 0 atom stereocenters. The van der Waals surface area contributed by atoms with E-state index in [-0.39, 0.29) is 24.0 Å². The Bertz CT molecular complexity index is 879. The summed E-state index contributed by atoms with van der Waals surface area (Å²) in [7, 11) is 1.77. The fourth-order valence-electron chi connectivity index (χ4n) is 2.78. The van der Waals surface area contributed by atoms with Crippen molar-refractivity contribution in [1.29, 1.82) is 0 Å². The first kappa shape index (κ1) is 22.2. The Morgan fingerprint density at radius 1 is 1.04 bits per heavy atom. The largest absolute Gasteiger partial charge is 0.356 e. The van der Waals surface area contributed by atoms with E-state index in [9.17, 15) is 0 Å². The van der Waals surface area contributed by atoms with Crippen LogP contribution >= 0.6 is 35.6 Å². The van der Waals surface area contributed by atoms with Gasteiger partial charge in [0.2, 0.25) is 0 Å². The molecule has 2 aromatic carbocycles. The van der Waals surface area contributed by atoms with Gasteiger partial charge in [-0.1, -0.05) is 60.1 Å². The molecular weight excluding hydrogens is 485 g/mol. The maximum atomic E-state index is 6.19. The average Bonchev–Trinajstić information content (AvgIpc) is 3.14. The SMILES string of the molecule is CN=C(NCCc1ccccc1Cl)NCc1cnn(Cc2ccccc2)c1.I. The minimum atomic E-state index is 0. The third kappa shape index (κ3) is 6.83. The van der Waals surface area contributed by atoms with E-state index in [1.807, 2.05) is 53.3 Å². The topological polar surface area (TPSA) is 54.2 Å². The molecule has 0 saturated carbocycles. The summed E-state index contributed by atoms with van der Waals surface area (Å²) < 4.78 is 1.94. The zero-order chi connectivity index (χ0) is 18.9. The van der Waals surface area contributed by atoms with Crippen molar-refractivity contribution in [3.63, 3.8) is 0 Å². The summed E-state index contributed by atoms with van der Waals surface area (Å²) in [6.45, 7) is 2.20. The van der Waals surface area contributed by atoms with Crippen LogP contribution in [-0.4, -0.2) is 29.3 Å². The molecular formula is C21H25ClIN5. The smallest absolute Gasteiger partial charge is 0.191 e. The standard InChI is InChI=1S/C21H24ClN5.HI/c1-23-21(24-12-11-19-9-5-6-10-20(19)22)25-13-18-14-26-27(16-18)15-17-7-3-2-4-8-17;/h2-10,14,16H,11-13,15H2,1H3,(H2,23,24,25);1H. The number of aromatic nitrogens is 2. The molecule has 0 unspecified atom stereocenters. The van der Waals surface area contributed by atoms with Gasteiger partial charge in [0, 0.05) is 36.9 Å². The highest BCUT2D eigenvalue weighted by molar-refractivity contribution is 14.0. The second-order valence-electron chi connectivity index (χ2n) is 6.23. The lowest BCUT2D eigenvalue weighted by Gasteiger charge is -2.11. The van der Waals surface area contributed by atoms with Gasteiger partial charge in [0.05, 0.1) is 12.7 Å². The van der Waals surface area contributed by atoms with Gasteiger partial charge in [-0.15, -0.1) is 24.0 Å². The monoisotopic (exact) mass is 509 g/mol. The number of halogens is 2. The van der Waals surface area contributed by atoms with Crippen LogP contribution in [0.4, 0.5) is 0 Å². The first-order valence-electron chi connectivity index (χ1n) is 8.98. The molecule has 2 N–H and O–H groups in total. The van der Waals surface area contributed by atoms with Crippen LogP contribution in [0.25, 0.3) is 0 Å². The van der Waals surface area contributed by atoms with E-state index >= 15 is 0 Å². The highest BCUT2D eigenvalue weighted by atomic mass is 127. The fraction of sp³-hybridized carbons (Fsp3) is 0.238. The van der Waals surface area contributed by atoms with Crippen LogP contribution in [0.5, 0.6) is 0 Å². The highest BCUT2D eigenvalue weighted by Crippen LogP contribution is 2.14. The van der Waals surface area contributed by atoms with Gasteiger partial charge in [-0.05, 0) is 23.6 Å². The highest BCUT2D eigenvalue weighted by Gasteiger charge is 2.03. The zero-order valence-corrected chi connectivity index (χ0v) is 18.9. The van der Waals surface area contributed by atoms with Gasteiger partial charge < -0.3 is 10.6 Å². The van der Waals surface area contributed by atoms with Gasteiger partial charge in [-0.2, -0.15) is 5.10 Å². The summed E-state index contributed by atoms with van der Waals surface area (Å²) in [5, 5.41) is 11.9. The Morgan fingerprint density at radius 2 is 1.79 bits per heavy atom. The molecule has 7 heteroatoms. The van der Waals surface area contributed by atoms with Crippen molar-refractivity contribution in [3.8, 4) is 0 Å². The molecule has 0 saturated heterocycles. The lowest BCUT2D eigenvalue weighted by atomic mass is 10.1. The summed E-state index contributed by atoms with van der Waals surface area (Å²) in [4.78, 5) is 4.27. The van der Waals surface area contributed by atoms with Gasteiger partial charge in [-0.3, -0.25) is 9.67 Å². The molecule has 0 aliphatic heterocycles. The maximum absolute atomic E-state index is 6.19. The van der Waals surface area contributed by atoms with E-state index in [1.165, 1.54) is 5.56 Å². The van der Waals surface area contributed by atoms with Gasteiger partial charge in [0.1, 0.15) is 0 Å². The molecule has 0 bridgehead atoms. The molecule has 3 aromatic rings. The maximum Gasteiger partial charge on any atom is 0.191 e. The van der Waals surface area contributed by atoms with Crippen molar-refractivity contribution in [2.45, 2.75) is 19.5 Å². The van der Waals surface area contributed by atoms with Crippen molar-refractivity contribution in [2.75, 3.05) is 13.6 Å². The number of nitrogens with zero attached hydrogens (tertiary/aromatic N) is 3. The van der Waals surface area contributed by atoms with Crippen LogP contribution in [0.2, 0.25) is 5.02 Å². The van der Waals surface area contributed by atoms with E-state index in [1.54, 1.807) is 7.05 Å².